The minimum Gasteiger partial charge on any atom is -0.316 e. The summed E-state index contributed by atoms with van der Waals surface area (Å²) in [4.78, 5) is 0. The second-order valence-electron chi connectivity index (χ2n) is 3.64. The molecule has 2 saturated heterocycles. The molecule has 0 aliphatic carbocycles. The van der Waals surface area contributed by atoms with Crippen molar-refractivity contribution in [3.8, 4) is 0 Å². The molecule has 3 nitrogen and oxygen atoms in total. The van der Waals surface area contributed by atoms with Gasteiger partial charge in [-0.2, -0.15) is 0 Å². The number of fused-ring (bicyclic) bond motifs is 1. The molecule has 4 heteroatoms. The zero-order chi connectivity index (χ0) is 8.55. The largest absolute Gasteiger partial charge is 0.316 e. The number of rotatable bonds is 2. The molecule has 0 radical (unpaired) electrons. The van der Waals surface area contributed by atoms with E-state index in [1.54, 1.807) is 0 Å². The average Bonchev–Trinajstić information content (AvgIpc) is 2.60. The summed E-state index contributed by atoms with van der Waals surface area (Å²) in [5.41, 5.74) is 0. The molecular formula is C8H16N2OS. The van der Waals surface area contributed by atoms with Crippen LogP contribution in [0.25, 0.3) is 0 Å². The molecule has 2 fully saturated rings. The predicted molar refractivity (Wildman–Crippen MR) is 50.1 cm³/mol. The van der Waals surface area contributed by atoms with Crippen LogP contribution in [0.3, 0.4) is 0 Å². The van der Waals surface area contributed by atoms with Gasteiger partial charge in [0.1, 0.15) is 0 Å². The molecular weight excluding hydrogens is 172 g/mol. The number of nitrogens with one attached hydrogen (secondary N) is 1. The van der Waals surface area contributed by atoms with Crippen LogP contribution in [0.1, 0.15) is 6.92 Å². The van der Waals surface area contributed by atoms with E-state index < -0.39 is 11.0 Å². The van der Waals surface area contributed by atoms with Gasteiger partial charge >= 0.3 is 0 Å². The fraction of sp³-hybridized carbons (Fsp3) is 1.00. The Hall–Kier alpha value is 0.0700. The first-order valence-corrected chi connectivity index (χ1v) is 5.93. The summed E-state index contributed by atoms with van der Waals surface area (Å²) < 4.78 is 13.6. The van der Waals surface area contributed by atoms with E-state index in [9.17, 15) is 4.21 Å². The molecule has 2 heterocycles. The molecule has 1 N–H and O–H groups in total. The van der Waals surface area contributed by atoms with Crippen molar-refractivity contribution in [1.82, 2.24) is 9.62 Å². The third-order valence-corrected chi connectivity index (χ3v) is 4.26. The minimum absolute atomic E-state index is 0.706. The van der Waals surface area contributed by atoms with Crippen molar-refractivity contribution < 1.29 is 4.21 Å². The lowest BCUT2D eigenvalue weighted by Gasteiger charge is -2.13. The molecule has 0 saturated carbocycles. The highest BCUT2D eigenvalue weighted by atomic mass is 32.2. The summed E-state index contributed by atoms with van der Waals surface area (Å²) >= 11 is 0. The number of hydrogen-bond acceptors (Lipinski definition) is 2. The van der Waals surface area contributed by atoms with E-state index in [0.717, 1.165) is 43.8 Å². The lowest BCUT2D eigenvalue weighted by molar-refractivity contribution is 0.490. The molecule has 0 aromatic rings. The van der Waals surface area contributed by atoms with E-state index in [1.165, 1.54) is 0 Å². The lowest BCUT2D eigenvalue weighted by Crippen LogP contribution is -2.28. The Morgan fingerprint density at radius 1 is 1.42 bits per heavy atom. The van der Waals surface area contributed by atoms with E-state index in [-0.39, 0.29) is 0 Å². The van der Waals surface area contributed by atoms with Crippen molar-refractivity contribution in [2.24, 2.45) is 11.8 Å². The highest BCUT2D eigenvalue weighted by Gasteiger charge is 2.37. The maximum atomic E-state index is 11.5. The molecule has 2 aliphatic heterocycles. The summed E-state index contributed by atoms with van der Waals surface area (Å²) in [7, 11) is -0.706. The van der Waals surface area contributed by atoms with Gasteiger partial charge in [-0.1, -0.05) is 6.92 Å². The maximum Gasteiger partial charge on any atom is 0.0939 e. The van der Waals surface area contributed by atoms with Crippen molar-refractivity contribution in [2.45, 2.75) is 6.92 Å². The quantitative estimate of drug-likeness (QED) is 0.652. The van der Waals surface area contributed by atoms with Gasteiger partial charge in [-0.3, -0.25) is 0 Å². The summed E-state index contributed by atoms with van der Waals surface area (Å²) in [6.07, 6.45) is 0. The van der Waals surface area contributed by atoms with Crippen LogP contribution >= 0.6 is 0 Å². The van der Waals surface area contributed by atoms with Gasteiger partial charge in [-0.15, -0.1) is 0 Å². The summed E-state index contributed by atoms with van der Waals surface area (Å²) in [5, 5.41) is 3.38. The number of hydrogen-bond donors (Lipinski definition) is 1. The van der Waals surface area contributed by atoms with Crippen LogP contribution < -0.4 is 5.32 Å². The van der Waals surface area contributed by atoms with Crippen LogP contribution in [-0.2, 0) is 11.0 Å². The molecule has 2 rings (SSSR count). The highest BCUT2D eigenvalue weighted by molar-refractivity contribution is 7.82. The monoisotopic (exact) mass is 188 g/mol. The van der Waals surface area contributed by atoms with Crippen LogP contribution in [0.4, 0.5) is 0 Å². The minimum atomic E-state index is -0.706. The van der Waals surface area contributed by atoms with E-state index in [2.05, 4.69) is 9.62 Å². The van der Waals surface area contributed by atoms with Crippen molar-refractivity contribution >= 4 is 11.0 Å². The Balaban J connectivity index is 1.94. The zero-order valence-corrected chi connectivity index (χ0v) is 8.27. The first-order valence-electron chi connectivity index (χ1n) is 4.65. The van der Waals surface area contributed by atoms with Crippen molar-refractivity contribution in [2.75, 3.05) is 31.9 Å². The Bertz CT molecular complexity index is 185. The van der Waals surface area contributed by atoms with Gasteiger partial charge in [-0.25, -0.2) is 8.51 Å². The standard InChI is InChI=1S/C8H16N2OS/c1-2-12(11)10-5-7-3-9-4-8(7)6-10/h7-9H,2-6H2,1H3/t7-,8+,12?. The molecule has 0 amide bonds. The Kier molecular flexibility index (Phi) is 2.48. The van der Waals surface area contributed by atoms with Gasteiger partial charge in [0.25, 0.3) is 0 Å². The van der Waals surface area contributed by atoms with Crippen LogP contribution in [0, 0.1) is 11.8 Å². The molecule has 70 valence electrons. The van der Waals surface area contributed by atoms with Crippen LogP contribution in [0.2, 0.25) is 0 Å². The lowest BCUT2D eigenvalue weighted by atomic mass is 10.0. The third kappa shape index (κ3) is 1.43. The molecule has 12 heavy (non-hydrogen) atoms. The van der Waals surface area contributed by atoms with Crippen LogP contribution in [-0.4, -0.2) is 40.4 Å². The molecule has 0 aromatic heterocycles. The first kappa shape index (κ1) is 8.66. The molecule has 0 spiro atoms. The smallest absolute Gasteiger partial charge is 0.0939 e. The van der Waals surface area contributed by atoms with Gasteiger partial charge < -0.3 is 5.32 Å². The van der Waals surface area contributed by atoms with E-state index >= 15 is 0 Å². The molecule has 1 unspecified atom stereocenters. The molecule has 0 bridgehead atoms. The van der Waals surface area contributed by atoms with E-state index in [0.29, 0.717) is 0 Å². The van der Waals surface area contributed by atoms with Crippen molar-refractivity contribution in [1.29, 1.82) is 0 Å². The maximum absolute atomic E-state index is 11.5. The fourth-order valence-electron chi connectivity index (χ4n) is 2.16. The van der Waals surface area contributed by atoms with Gasteiger partial charge in [0.05, 0.1) is 11.0 Å². The highest BCUT2D eigenvalue weighted by Crippen LogP contribution is 2.26. The third-order valence-electron chi connectivity index (χ3n) is 2.89. The van der Waals surface area contributed by atoms with Crippen molar-refractivity contribution in [3.63, 3.8) is 0 Å². The predicted octanol–water partition coefficient (Wildman–Crippen LogP) is -0.179. The SMILES string of the molecule is CCS(=O)N1C[C@H]2CNC[C@H]2C1. The molecule has 3 atom stereocenters. The van der Waals surface area contributed by atoms with E-state index in [1.807, 2.05) is 6.92 Å². The van der Waals surface area contributed by atoms with Crippen molar-refractivity contribution in [3.05, 3.63) is 0 Å². The second kappa shape index (κ2) is 3.44. The molecule has 0 aromatic carbocycles. The van der Waals surface area contributed by atoms with Gasteiger partial charge in [0.2, 0.25) is 0 Å². The van der Waals surface area contributed by atoms with Crippen LogP contribution in [0.15, 0.2) is 0 Å². The van der Waals surface area contributed by atoms with Gasteiger partial charge in [-0.05, 0) is 24.9 Å². The fourth-order valence-corrected chi connectivity index (χ4v) is 3.24. The Labute approximate surface area is 76.1 Å². The average molecular weight is 188 g/mol. The van der Waals surface area contributed by atoms with E-state index in [4.69, 9.17) is 0 Å². The number of nitrogens with zero attached hydrogens (tertiary/aromatic N) is 1. The summed E-state index contributed by atoms with van der Waals surface area (Å²) in [5.74, 6) is 2.30. The van der Waals surface area contributed by atoms with Gasteiger partial charge in [0, 0.05) is 18.8 Å². The first-order chi connectivity index (χ1) is 5.81. The Morgan fingerprint density at radius 2 is 2.00 bits per heavy atom. The second-order valence-corrected chi connectivity index (χ2v) is 5.37. The summed E-state index contributed by atoms with van der Waals surface area (Å²) in [6.45, 7) is 6.32. The zero-order valence-electron chi connectivity index (χ0n) is 7.45. The Morgan fingerprint density at radius 3 is 2.50 bits per heavy atom. The molecule has 2 aliphatic rings. The summed E-state index contributed by atoms with van der Waals surface area (Å²) in [6, 6.07) is 0. The topological polar surface area (TPSA) is 32.3 Å². The van der Waals surface area contributed by atoms with Crippen LogP contribution in [0.5, 0.6) is 0 Å². The normalized spacial score (nSPS) is 38.4. The van der Waals surface area contributed by atoms with Gasteiger partial charge in [0.15, 0.2) is 0 Å².